The summed E-state index contributed by atoms with van der Waals surface area (Å²) in [4.78, 5) is 33.6. The van der Waals surface area contributed by atoms with E-state index in [0.717, 1.165) is 47.0 Å². The van der Waals surface area contributed by atoms with Crippen LogP contribution in [0.4, 0.5) is 5.69 Å². The van der Waals surface area contributed by atoms with Gasteiger partial charge in [0.05, 0.1) is 0 Å². The molecule has 0 aliphatic heterocycles. The van der Waals surface area contributed by atoms with E-state index in [1.54, 1.807) is 28.7 Å². The summed E-state index contributed by atoms with van der Waals surface area (Å²) in [5.41, 5.74) is 6.18. The van der Waals surface area contributed by atoms with Gasteiger partial charge in [-0.25, -0.2) is 5.48 Å². The van der Waals surface area contributed by atoms with E-state index >= 15 is 0 Å². The number of aromatic nitrogens is 2. The minimum Gasteiger partial charge on any atom is -0.361 e. The van der Waals surface area contributed by atoms with Gasteiger partial charge in [-0.05, 0) is 71.8 Å². The Kier molecular flexibility index (Phi) is 7.67. The maximum absolute atomic E-state index is 13.2. The summed E-state index contributed by atoms with van der Waals surface area (Å²) < 4.78 is 0. The van der Waals surface area contributed by atoms with E-state index in [0.29, 0.717) is 25.1 Å². The Morgan fingerprint density at radius 2 is 1.71 bits per heavy atom. The molecule has 3 N–H and O–H groups in total. The van der Waals surface area contributed by atoms with Crippen molar-refractivity contribution in [1.29, 1.82) is 0 Å². The number of hydroxylamine groups is 1. The molecule has 34 heavy (non-hydrogen) atoms. The maximum Gasteiger partial charge on any atom is 0.276 e. The molecule has 2 aromatic heterocycles. The number of rotatable bonds is 10. The first-order chi connectivity index (χ1) is 16.7. The summed E-state index contributed by atoms with van der Waals surface area (Å²) in [6, 6.07) is 21.7. The lowest BCUT2D eigenvalue weighted by atomic mass is 10.0. The van der Waals surface area contributed by atoms with Gasteiger partial charge in [0.25, 0.3) is 5.91 Å². The number of aromatic amines is 1. The first-order valence-electron chi connectivity index (χ1n) is 11.5. The number of fused-ring (bicyclic) bond motifs is 1. The van der Waals surface area contributed by atoms with Crippen LogP contribution in [-0.2, 0) is 4.79 Å². The van der Waals surface area contributed by atoms with Crippen molar-refractivity contribution in [2.24, 2.45) is 0 Å². The maximum atomic E-state index is 13.2. The molecule has 7 heteroatoms. The number of nitrogens with zero attached hydrogens (tertiary/aromatic N) is 2. The number of anilines is 1. The van der Waals surface area contributed by atoms with Gasteiger partial charge >= 0.3 is 0 Å². The number of carbonyl (C=O) groups is 2. The number of H-pyrrole nitrogens is 1. The Balaban J connectivity index is 1.47. The summed E-state index contributed by atoms with van der Waals surface area (Å²) in [6.45, 7) is 0.552. The summed E-state index contributed by atoms with van der Waals surface area (Å²) in [5.74, 6) is -0.510. The zero-order valence-corrected chi connectivity index (χ0v) is 18.9. The molecule has 2 amide bonds. The van der Waals surface area contributed by atoms with Gasteiger partial charge in [0, 0.05) is 36.6 Å². The summed E-state index contributed by atoms with van der Waals surface area (Å²) in [7, 11) is 0. The molecule has 4 rings (SSSR count). The van der Waals surface area contributed by atoms with Crippen LogP contribution in [0.3, 0.4) is 0 Å². The fraction of sp³-hybridized carbons (Fsp3) is 0.222. The van der Waals surface area contributed by atoms with Crippen molar-refractivity contribution in [3.63, 3.8) is 0 Å². The average molecular weight is 457 g/mol. The molecule has 2 heterocycles. The molecule has 0 spiro atoms. The Morgan fingerprint density at radius 1 is 0.912 bits per heavy atom. The highest BCUT2D eigenvalue weighted by atomic mass is 16.5. The molecular weight excluding hydrogens is 428 g/mol. The fourth-order valence-corrected chi connectivity index (χ4v) is 4.01. The highest BCUT2D eigenvalue weighted by Gasteiger charge is 2.18. The molecular formula is C27H28N4O3. The van der Waals surface area contributed by atoms with Crippen LogP contribution in [0.5, 0.6) is 0 Å². The van der Waals surface area contributed by atoms with Gasteiger partial charge in [0.1, 0.15) is 5.69 Å². The first-order valence-corrected chi connectivity index (χ1v) is 11.5. The van der Waals surface area contributed by atoms with Crippen LogP contribution in [0.25, 0.3) is 22.0 Å². The van der Waals surface area contributed by atoms with Crippen LogP contribution >= 0.6 is 0 Å². The standard InChI is InChI=1S/C27H28N4O3/c32-26(30-34)8-3-1-2-6-18-31(27(33)25-7-4-5-16-28-25)23-12-9-20(10-13-23)21-11-14-24-22(19-21)15-17-29-24/h4-5,7,9-17,19,29,34H,1-3,6,8,18H2,(H,30,32). The van der Waals surface area contributed by atoms with Crippen LogP contribution in [0, 0.1) is 0 Å². The zero-order valence-electron chi connectivity index (χ0n) is 18.9. The van der Waals surface area contributed by atoms with Gasteiger partial charge in [-0.2, -0.15) is 0 Å². The number of carbonyl (C=O) groups excluding carboxylic acids is 2. The van der Waals surface area contributed by atoms with Crippen LogP contribution in [0.15, 0.2) is 79.1 Å². The van der Waals surface area contributed by atoms with Crippen molar-refractivity contribution in [3.05, 3.63) is 84.8 Å². The molecule has 7 nitrogen and oxygen atoms in total. The normalized spacial score (nSPS) is 10.9. The third-order valence-electron chi connectivity index (χ3n) is 5.86. The Morgan fingerprint density at radius 3 is 2.47 bits per heavy atom. The molecule has 0 atom stereocenters. The first kappa shape index (κ1) is 23.2. The van der Waals surface area contributed by atoms with E-state index in [-0.39, 0.29) is 11.8 Å². The Bertz CT molecular complexity index is 1240. The topological polar surface area (TPSA) is 98.3 Å². The van der Waals surface area contributed by atoms with E-state index in [1.807, 2.05) is 36.5 Å². The van der Waals surface area contributed by atoms with Crippen LogP contribution in [-0.4, -0.2) is 33.5 Å². The lowest BCUT2D eigenvalue weighted by Crippen LogP contribution is -2.32. The van der Waals surface area contributed by atoms with Crippen molar-refractivity contribution in [2.45, 2.75) is 32.1 Å². The van der Waals surface area contributed by atoms with Crippen molar-refractivity contribution >= 4 is 28.4 Å². The fourth-order valence-electron chi connectivity index (χ4n) is 4.01. The molecule has 0 saturated heterocycles. The second-order valence-corrected chi connectivity index (χ2v) is 8.20. The number of benzene rings is 2. The molecule has 0 fully saturated rings. The highest BCUT2D eigenvalue weighted by molar-refractivity contribution is 6.04. The molecule has 0 aliphatic rings. The second kappa shape index (κ2) is 11.2. The van der Waals surface area contributed by atoms with Gasteiger partial charge < -0.3 is 9.88 Å². The molecule has 0 aliphatic carbocycles. The number of hydrogen-bond acceptors (Lipinski definition) is 4. The third kappa shape index (κ3) is 5.68. The predicted molar refractivity (Wildman–Crippen MR) is 133 cm³/mol. The highest BCUT2D eigenvalue weighted by Crippen LogP contribution is 2.27. The number of unbranched alkanes of at least 4 members (excludes halogenated alkanes) is 3. The van der Waals surface area contributed by atoms with Gasteiger partial charge in [-0.1, -0.05) is 37.1 Å². The van der Waals surface area contributed by atoms with E-state index < -0.39 is 0 Å². The summed E-state index contributed by atoms with van der Waals surface area (Å²) in [6.07, 6.45) is 7.06. The quantitative estimate of drug-likeness (QED) is 0.171. The van der Waals surface area contributed by atoms with E-state index in [4.69, 9.17) is 5.21 Å². The molecule has 0 saturated carbocycles. The minimum absolute atomic E-state index is 0.137. The van der Waals surface area contributed by atoms with Gasteiger partial charge in [-0.15, -0.1) is 0 Å². The summed E-state index contributed by atoms with van der Waals surface area (Å²) in [5, 5.41) is 9.74. The third-order valence-corrected chi connectivity index (χ3v) is 5.86. The number of pyridine rings is 1. The number of nitrogens with one attached hydrogen (secondary N) is 2. The second-order valence-electron chi connectivity index (χ2n) is 8.20. The van der Waals surface area contributed by atoms with E-state index in [1.165, 1.54) is 0 Å². The number of hydrogen-bond donors (Lipinski definition) is 3. The molecule has 0 bridgehead atoms. The van der Waals surface area contributed by atoms with Gasteiger partial charge in [-0.3, -0.25) is 19.8 Å². The van der Waals surface area contributed by atoms with E-state index in [9.17, 15) is 9.59 Å². The smallest absolute Gasteiger partial charge is 0.276 e. The SMILES string of the molecule is O=C(CCCCCCN(C(=O)c1ccccn1)c1ccc(-c2ccc3[nH]ccc3c2)cc1)NO. The molecule has 4 aromatic rings. The zero-order chi connectivity index (χ0) is 23.8. The van der Waals surface area contributed by atoms with Crippen molar-refractivity contribution in [3.8, 4) is 11.1 Å². The van der Waals surface area contributed by atoms with Crippen LogP contribution in [0.2, 0.25) is 0 Å². The summed E-state index contributed by atoms with van der Waals surface area (Å²) >= 11 is 0. The van der Waals surface area contributed by atoms with E-state index in [2.05, 4.69) is 34.2 Å². The van der Waals surface area contributed by atoms with Crippen molar-refractivity contribution in [2.75, 3.05) is 11.4 Å². The molecule has 2 aromatic carbocycles. The largest absolute Gasteiger partial charge is 0.361 e. The van der Waals surface area contributed by atoms with Gasteiger partial charge in [0.2, 0.25) is 5.91 Å². The molecule has 0 radical (unpaired) electrons. The minimum atomic E-state index is -0.372. The van der Waals surface area contributed by atoms with Crippen LogP contribution in [0.1, 0.15) is 42.6 Å². The Labute approximate surface area is 198 Å². The lowest BCUT2D eigenvalue weighted by Gasteiger charge is -2.23. The van der Waals surface area contributed by atoms with Gasteiger partial charge in [0.15, 0.2) is 0 Å². The average Bonchev–Trinajstić information content (AvgIpc) is 3.36. The molecule has 174 valence electrons. The predicted octanol–water partition coefficient (Wildman–Crippen LogP) is 5.33. The van der Waals surface area contributed by atoms with Crippen LogP contribution < -0.4 is 10.4 Å². The van der Waals surface area contributed by atoms with Crippen molar-refractivity contribution in [1.82, 2.24) is 15.4 Å². The monoisotopic (exact) mass is 456 g/mol. The van der Waals surface area contributed by atoms with Crippen molar-refractivity contribution < 1.29 is 14.8 Å². The molecule has 0 unspecified atom stereocenters. The Hall–Kier alpha value is -3.97. The number of amides is 2. The lowest BCUT2D eigenvalue weighted by molar-refractivity contribution is -0.129.